The maximum atomic E-state index is 5.57. The predicted octanol–water partition coefficient (Wildman–Crippen LogP) is 2.10. The molecule has 94 valence electrons. The van der Waals surface area contributed by atoms with Crippen LogP contribution in [0.25, 0.3) is 0 Å². The van der Waals surface area contributed by atoms with E-state index in [2.05, 4.69) is 29.6 Å². The van der Waals surface area contributed by atoms with Crippen LogP contribution in [0.1, 0.15) is 24.0 Å². The van der Waals surface area contributed by atoms with Gasteiger partial charge >= 0.3 is 0 Å². The molecule has 1 unspecified atom stereocenters. The van der Waals surface area contributed by atoms with Gasteiger partial charge in [-0.3, -0.25) is 0 Å². The third-order valence-electron chi connectivity index (χ3n) is 3.03. The second kappa shape index (κ2) is 6.74. The highest BCUT2D eigenvalue weighted by atomic mass is 16.5. The Kier molecular flexibility index (Phi) is 4.98. The molecule has 1 aliphatic rings. The highest BCUT2D eigenvalue weighted by molar-refractivity contribution is 5.22. The number of rotatable bonds is 6. The first-order valence-electron chi connectivity index (χ1n) is 6.27. The van der Waals surface area contributed by atoms with E-state index in [9.17, 15) is 0 Å². The molecule has 17 heavy (non-hydrogen) atoms. The first-order valence-corrected chi connectivity index (χ1v) is 6.27. The lowest BCUT2D eigenvalue weighted by atomic mass is 10.1. The lowest BCUT2D eigenvalue weighted by Crippen LogP contribution is -2.25. The van der Waals surface area contributed by atoms with Crippen LogP contribution in [0.15, 0.2) is 24.3 Å². The quantitative estimate of drug-likeness (QED) is 0.819. The lowest BCUT2D eigenvalue weighted by Gasteiger charge is -2.11. The van der Waals surface area contributed by atoms with Crippen molar-refractivity contribution in [2.45, 2.75) is 32.1 Å². The van der Waals surface area contributed by atoms with E-state index in [0.29, 0.717) is 12.7 Å². The fraction of sp³-hybridized carbons (Fsp3) is 0.571. The molecule has 0 radical (unpaired) electrons. The van der Waals surface area contributed by atoms with Crippen LogP contribution in [0, 0.1) is 0 Å². The summed E-state index contributed by atoms with van der Waals surface area (Å²) in [6, 6.07) is 8.50. The summed E-state index contributed by atoms with van der Waals surface area (Å²) in [5.74, 6) is 0. The van der Waals surface area contributed by atoms with E-state index in [4.69, 9.17) is 9.47 Å². The minimum atomic E-state index is 0.414. The Bertz CT molecular complexity index is 335. The molecule has 0 amide bonds. The van der Waals surface area contributed by atoms with Crippen LogP contribution >= 0.6 is 0 Å². The molecule has 0 aliphatic carbocycles. The zero-order valence-electron chi connectivity index (χ0n) is 10.4. The van der Waals surface area contributed by atoms with Crippen LogP contribution < -0.4 is 5.32 Å². The molecule has 1 aromatic rings. The van der Waals surface area contributed by atoms with Crippen LogP contribution in [-0.2, 0) is 22.6 Å². The third kappa shape index (κ3) is 4.11. The molecule has 1 saturated heterocycles. The molecule has 0 aromatic heterocycles. The largest absolute Gasteiger partial charge is 0.380 e. The standard InChI is InChI=1S/C14H21NO2/c1-16-11-13-5-2-4-12(8-13)9-15-10-14-6-3-7-17-14/h2,4-5,8,14-15H,3,6-7,9-11H2,1H3. The summed E-state index contributed by atoms with van der Waals surface area (Å²) in [4.78, 5) is 0. The third-order valence-corrected chi connectivity index (χ3v) is 3.03. The van der Waals surface area contributed by atoms with E-state index in [1.54, 1.807) is 7.11 Å². The van der Waals surface area contributed by atoms with Gasteiger partial charge in [0.25, 0.3) is 0 Å². The number of methoxy groups -OCH3 is 1. The van der Waals surface area contributed by atoms with Gasteiger partial charge in [0.15, 0.2) is 0 Å². The van der Waals surface area contributed by atoms with Crippen LogP contribution in [0.3, 0.4) is 0 Å². The van der Waals surface area contributed by atoms with Crippen molar-refractivity contribution >= 4 is 0 Å². The second-order valence-corrected chi connectivity index (χ2v) is 4.52. The van der Waals surface area contributed by atoms with E-state index in [1.807, 2.05) is 0 Å². The minimum absolute atomic E-state index is 0.414. The number of benzene rings is 1. The van der Waals surface area contributed by atoms with Gasteiger partial charge in [-0.05, 0) is 24.0 Å². The van der Waals surface area contributed by atoms with E-state index in [0.717, 1.165) is 19.7 Å². The SMILES string of the molecule is COCc1cccc(CNCC2CCCO2)c1. The van der Waals surface area contributed by atoms with Gasteiger partial charge in [-0.15, -0.1) is 0 Å². The second-order valence-electron chi connectivity index (χ2n) is 4.52. The lowest BCUT2D eigenvalue weighted by molar-refractivity contribution is 0.110. The topological polar surface area (TPSA) is 30.5 Å². The highest BCUT2D eigenvalue weighted by Gasteiger charge is 2.14. The molecule has 1 atom stereocenters. The smallest absolute Gasteiger partial charge is 0.0713 e. The van der Waals surface area contributed by atoms with Crippen molar-refractivity contribution in [3.8, 4) is 0 Å². The zero-order valence-corrected chi connectivity index (χ0v) is 10.4. The molecular weight excluding hydrogens is 214 g/mol. The van der Waals surface area contributed by atoms with Crippen molar-refractivity contribution in [1.82, 2.24) is 5.32 Å². The minimum Gasteiger partial charge on any atom is -0.380 e. The maximum absolute atomic E-state index is 5.57. The summed E-state index contributed by atoms with van der Waals surface area (Å²) < 4.78 is 10.7. The molecule has 1 aromatic carbocycles. The number of hydrogen-bond donors (Lipinski definition) is 1. The Morgan fingerprint density at radius 3 is 3.06 bits per heavy atom. The molecule has 0 spiro atoms. The van der Waals surface area contributed by atoms with Crippen LogP contribution in [0.4, 0.5) is 0 Å². The van der Waals surface area contributed by atoms with Crippen molar-refractivity contribution in [1.29, 1.82) is 0 Å². The summed E-state index contributed by atoms with van der Waals surface area (Å²) in [6.45, 7) is 3.46. The van der Waals surface area contributed by atoms with Gasteiger partial charge in [-0.25, -0.2) is 0 Å². The van der Waals surface area contributed by atoms with Crippen LogP contribution in [0.2, 0.25) is 0 Å². The molecule has 3 nitrogen and oxygen atoms in total. The molecule has 0 saturated carbocycles. The van der Waals surface area contributed by atoms with Crippen molar-refractivity contribution in [3.05, 3.63) is 35.4 Å². The average molecular weight is 235 g/mol. The molecule has 1 N–H and O–H groups in total. The summed E-state index contributed by atoms with van der Waals surface area (Å²) in [7, 11) is 1.72. The molecule has 1 fully saturated rings. The van der Waals surface area contributed by atoms with E-state index < -0.39 is 0 Å². The first-order chi connectivity index (χ1) is 8.38. The molecular formula is C14H21NO2. The van der Waals surface area contributed by atoms with Gasteiger partial charge in [-0.2, -0.15) is 0 Å². The van der Waals surface area contributed by atoms with E-state index in [1.165, 1.54) is 24.0 Å². The van der Waals surface area contributed by atoms with E-state index >= 15 is 0 Å². The van der Waals surface area contributed by atoms with Crippen LogP contribution in [0.5, 0.6) is 0 Å². The number of ether oxygens (including phenoxy) is 2. The summed E-state index contributed by atoms with van der Waals surface area (Å²) in [5, 5.41) is 3.45. The van der Waals surface area contributed by atoms with Gasteiger partial charge in [0, 0.05) is 26.8 Å². The Labute approximate surface area is 103 Å². The Hall–Kier alpha value is -0.900. The van der Waals surface area contributed by atoms with Crippen molar-refractivity contribution in [3.63, 3.8) is 0 Å². The normalized spacial score (nSPS) is 19.7. The Balaban J connectivity index is 1.75. The maximum Gasteiger partial charge on any atom is 0.0713 e. The van der Waals surface area contributed by atoms with E-state index in [-0.39, 0.29) is 0 Å². The van der Waals surface area contributed by atoms with Crippen molar-refractivity contribution in [2.75, 3.05) is 20.3 Å². The number of hydrogen-bond acceptors (Lipinski definition) is 3. The average Bonchev–Trinajstić information content (AvgIpc) is 2.83. The molecule has 0 bridgehead atoms. The zero-order chi connectivity index (χ0) is 11.9. The Morgan fingerprint density at radius 1 is 1.41 bits per heavy atom. The van der Waals surface area contributed by atoms with Gasteiger partial charge in [0.1, 0.15) is 0 Å². The van der Waals surface area contributed by atoms with Crippen LogP contribution in [-0.4, -0.2) is 26.4 Å². The monoisotopic (exact) mass is 235 g/mol. The fourth-order valence-corrected chi connectivity index (χ4v) is 2.18. The summed E-state index contributed by atoms with van der Waals surface area (Å²) in [5.41, 5.74) is 2.53. The van der Waals surface area contributed by atoms with Crippen molar-refractivity contribution in [2.24, 2.45) is 0 Å². The molecule has 1 aliphatic heterocycles. The number of nitrogens with one attached hydrogen (secondary N) is 1. The van der Waals surface area contributed by atoms with Crippen molar-refractivity contribution < 1.29 is 9.47 Å². The van der Waals surface area contributed by atoms with Gasteiger partial charge in [-0.1, -0.05) is 24.3 Å². The van der Waals surface area contributed by atoms with Gasteiger partial charge < -0.3 is 14.8 Å². The molecule has 3 heteroatoms. The van der Waals surface area contributed by atoms with Gasteiger partial charge in [0.2, 0.25) is 0 Å². The fourth-order valence-electron chi connectivity index (χ4n) is 2.18. The first kappa shape index (κ1) is 12.6. The van der Waals surface area contributed by atoms with Gasteiger partial charge in [0.05, 0.1) is 12.7 Å². The summed E-state index contributed by atoms with van der Waals surface area (Å²) in [6.07, 6.45) is 2.81. The summed E-state index contributed by atoms with van der Waals surface area (Å²) >= 11 is 0. The highest BCUT2D eigenvalue weighted by Crippen LogP contribution is 2.11. The predicted molar refractivity (Wildman–Crippen MR) is 67.8 cm³/mol. The molecule has 2 rings (SSSR count). The Morgan fingerprint density at radius 2 is 2.29 bits per heavy atom. The molecule has 1 heterocycles.